The Hall–Kier alpha value is -2.95. The molecule has 1 fully saturated rings. The number of ketones is 1. The normalized spacial score (nSPS) is 14.4. The van der Waals surface area contributed by atoms with Gasteiger partial charge in [-0.25, -0.2) is 0 Å². The van der Waals surface area contributed by atoms with Gasteiger partial charge in [0.2, 0.25) is 0 Å². The number of fused-ring (bicyclic) bond motifs is 1. The average Bonchev–Trinajstić information content (AvgIpc) is 3.28. The van der Waals surface area contributed by atoms with Crippen molar-refractivity contribution in [2.24, 2.45) is 0 Å². The van der Waals surface area contributed by atoms with Gasteiger partial charge in [0, 0.05) is 26.1 Å². The number of aryl methyl sites for hydroxylation is 1. The van der Waals surface area contributed by atoms with Crippen LogP contribution in [0.15, 0.2) is 72.8 Å². The molecule has 2 heterocycles. The summed E-state index contributed by atoms with van der Waals surface area (Å²) in [6.07, 6.45) is 6.28. The fourth-order valence-corrected chi connectivity index (χ4v) is 6.11. The number of hydrogen-bond acceptors (Lipinski definition) is 4. The molecule has 34 heavy (non-hydrogen) atoms. The fraction of sp³-hybridized carbons (Fsp3) is 0.300. The lowest BCUT2D eigenvalue weighted by molar-refractivity contribution is 0.104. The standard InChI is InChI=1S/C30H31NO2S/c1-33-25-16-17-26-27(21-25)34-30(24-10-4-2-5-11-24)28(26)29(32)23-14-12-22(13-15-23)9-8-20-31-18-6-3-7-19-31/h2,4-5,10-17,21H,3,6-9,18-20H2,1H3. The summed E-state index contributed by atoms with van der Waals surface area (Å²) in [6.45, 7) is 3.67. The van der Waals surface area contributed by atoms with Crippen molar-refractivity contribution in [3.8, 4) is 16.2 Å². The van der Waals surface area contributed by atoms with Crippen molar-refractivity contribution >= 4 is 27.2 Å². The quantitative estimate of drug-likeness (QED) is 0.255. The summed E-state index contributed by atoms with van der Waals surface area (Å²) in [4.78, 5) is 17.4. The van der Waals surface area contributed by atoms with Crippen LogP contribution in [0.25, 0.3) is 20.5 Å². The molecule has 0 unspecified atom stereocenters. The number of nitrogens with zero attached hydrogens (tertiary/aromatic N) is 1. The smallest absolute Gasteiger partial charge is 0.195 e. The van der Waals surface area contributed by atoms with Gasteiger partial charge in [0.15, 0.2) is 5.78 Å². The first-order chi connectivity index (χ1) is 16.7. The SMILES string of the molecule is COc1ccc2c(C(=O)c3ccc(CCCN4CCCCC4)cc3)c(-c3ccccc3)sc2c1. The number of thiophene rings is 1. The van der Waals surface area contributed by atoms with E-state index in [0.717, 1.165) is 43.8 Å². The largest absolute Gasteiger partial charge is 0.497 e. The minimum atomic E-state index is 0.0788. The molecule has 0 amide bonds. The predicted octanol–water partition coefficient (Wildman–Crippen LogP) is 7.23. The molecule has 0 N–H and O–H groups in total. The molecule has 0 spiro atoms. The number of hydrogen-bond donors (Lipinski definition) is 0. The van der Waals surface area contributed by atoms with Crippen LogP contribution in [0.1, 0.15) is 47.2 Å². The molecule has 1 saturated heterocycles. The third kappa shape index (κ3) is 4.94. The predicted molar refractivity (Wildman–Crippen MR) is 142 cm³/mol. The molecule has 4 aromatic rings. The second kappa shape index (κ2) is 10.5. The number of carbonyl (C=O) groups excluding carboxylic acids is 1. The van der Waals surface area contributed by atoms with Crippen molar-refractivity contribution in [1.29, 1.82) is 0 Å². The summed E-state index contributed by atoms with van der Waals surface area (Å²) in [7, 11) is 1.67. The zero-order valence-electron chi connectivity index (χ0n) is 19.8. The summed E-state index contributed by atoms with van der Waals surface area (Å²) < 4.78 is 6.49. The molecule has 1 aliphatic rings. The number of piperidine rings is 1. The molecule has 0 aliphatic carbocycles. The first-order valence-corrected chi connectivity index (χ1v) is 13.1. The molecule has 1 aromatic heterocycles. The minimum absolute atomic E-state index is 0.0788. The first-order valence-electron chi connectivity index (χ1n) is 12.2. The first kappa shape index (κ1) is 22.8. The van der Waals surface area contributed by atoms with Gasteiger partial charge in [-0.2, -0.15) is 0 Å². The van der Waals surface area contributed by atoms with E-state index in [-0.39, 0.29) is 5.78 Å². The van der Waals surface area contributed by atoms with E-state index in [2.05, 4.69) is 29.2 Å². The highest BCUT2D eigenvalue weighted by Crippen LogP contribution is 2.41. The Balaban J connectivity index is 1.39. The average molecular weight is 470 g/mol. The van der Waals surface area contributed by atoms with Crippen LogP contribution < -0.4 is 4.74 Å². The van der Waals surface area contributed by atoms with E-state index in [1.165, 1.54) is 50.9 Å². The number of methoxy groups -OCH3 is 1. The van der Waals surface area contributed by atoms with Crippen molar-refractivity contribution in [3.63, 3.8) is 0 Å². The molecule has 3 nitrogen and oxygen atoms in total. The fourth-order valence-electron chi connectivity index (χ4n) is 4.88. The van der Waals surface area contributed by atoms with Gasteiger partial charge in [0.05, 0.1) is 7.11 Å². The Bertz CT molecular complexity index is 1250. The van der Waals surface area contributed by atoms with Gasteiger partial charge in [-0.3, -0.25) is 4.79 Å². The maximum Gasteiger partial charge on any atom is 0.195 e. The van der Waals surface area contributed by atoms with Crippen LogP contribution in [0.4, 0.5) is 0 Å². The Morgan fingerprint density at radius 1 is 0.941 bits per heavy atom. The third-order valence-electron chi connectivity index (χ3n) is 6.76. The monoisotopic (exact) mass is 469 g/mol. The van der Waals surface area contributed by atoms with Gasteiger partial charge in [-0.1, -0.05) is 61.0 Å². The Morgan fingerprint density at radius 2 is 1.71 bits per heavy atom. The van der Waals surface area contributed by atoms with Crippen LogP contribution >= 0.6 is 11.3 Å². The second-order valence-electron chi connectivity index (χ2n) is 9.07. The number of carbonyl (C=O) groups is 1. The van der Waals surface area contributed by atoms with Crippen molar-refractivity contribution < 1.29 is 9.53 Å². The van der Waals surface area contributed by atoms with Crippen molar-refractivity contribution in [2.75, 3.05) is 26.7 Å². The number of benzene rings is 3. The minimum Gasteiger partial charge on any atom is -0.497 e. The zero-order chi connectivity index (χ0) is 23.3. The molecule has 5 rings (SSSR count). The Labute approximate surface area is 206 Å². The van der Waals surface area contributed by atoms with Crippen LogP contribution in [0.5, 0.6) is 5.75 Å². The molecule has 0 radical (unpaired) electrons. The highest BCUT2D eigenvalue weighted by molar-refractivity contribution is 7.22. The molecule has 0 atom stereocenters. The summed E-state index contributed by atoms with van der Waals surface area (Å²) in [5.74, 6) is 0.886. The third-order valence-corrected chi connectivity index (χ3v) is 7.97. The highest BCUT2D eigenvalue weighted by Gasteiger charge is 2.22. The molecule has 0 saturated carbocycles. The van der Waals surface area contributed by atoms with E-state index in [1.54, 1.807) is 18.4 Å². The second-order valence-corrected chi connectivity index (χ2v) is 10.1. The van der Waals surface area contributed by atoms with Gasteiger partial charge in [0.25, 0.3) is 0 Å². The van der Waals surface area contributed by atoms with Crippen molar-refractivity contribution in [1.82, 2.24) is 4.90 Å². The van der Waals surface area contributed by atoms with Crippen molar-refractivity contribution in [2.45, 2.75) is 32.1 Å². The summed E-state index contributed by atoms with van der Waals surface area (Å²) in [5, 5.41) is 0.986. The van der Waals surface area contributed by atoms with Gasteiger partial charge in [-0.15, -0.1) is 11.3 Å². The lowest BCUT2D eigenvalue weighted by Gasteiger charge is -2.26. The molecule has 174 valence electrons. The van der Waals surface area contributed by atoms with E-state index in [4.69, 9.17) is 4.74 Å². The summed E-state index contributed by atoms with van der Waals surface area (Å²) in [6, 6.07) is 24.4. The van der Waals surface area contributed by atoms with Crippen LogP contribution in [0.3, 0.4) is 0 Å². The topological polar surface area (TPSA) is 29.5 Å². The van der Waals surface area contributed by atoms with E-state index >= 15 is 0 Å². The lowest BCUT2D eigenvalue weighted by Crippen LogP contribution is -2.30. The van der Waals surface area contributed by atoms with E-state index in [0.29, 0.717) is 0 Å². The Kier molecular flexibility index (Phi) is 7.08. The van der Waals surface area contributed by atoms with E-state index < -0.39 is 0 Å². The Morgan fingerprint density at radius 3 is 2.44 bits per heavy atom. The van der Waals surface area contributed by atoms with Gasteiger partial charge in [-0.05, 0) is 74.6 Å². The zero-order valence-corrected chi connectivity index (χ0v) is 20.6. The molecular formula is C30H31NO2S. The molecule has 0 bridgehead atoms. The maximum atomic E-state index is 13.8. The van der Waals surface area contributed by atoms with Gasteiger partial charge in [0.1, 0.15) is 5.75 Å². The molecule has 1 aliphatic heterocycles. The van der Waals surface area contributed by atoms with E-state index in [1.807, 2.05) is 48.5 Å². The number of rotatable bonds is 8. The highest BCUT2D eigenvalue weighted by atomic mass is 32.1. The van der Waals surface area contributed by atoms with Gasteiger partial charge < -0.3 is 9.64 Å². The summed E-state index contributed by atoms with van der Waals surface area (Å²) >= 11 is 1.65. The van der Waals surface area contributed by atoms with Crippen LogP contribution in [0.2, 0.25) is 0 Å². The van der Waals surface area contributed by atoms with Crippen molar-refractivity contribution in [3.05, 3.63) is 89.5 Å². The number of ether oxygens (including phenoxy) is 1. The number of likely N-dealkylation sites (tertiary alicyclic amines) is 1. The lowest BCUT2D eigenvalue weighted by atomic mass is 9.96. The van der Waals surface area contributed by atoms with E-state index in [9.17, 15) is 4.79 Å². The van der Waals surface area contributed by atoms with Crippen LogP contribution in [-0.2, 0) is 6.42 Å². The van der Waals surface area contributed by atoms with Gasteiger partial charge >= 0.3 is 0 Å². The molecule has 4 heteroatoms. The van der Waals surface area contributed by atoms with Crippen LogP contribution in [0, 0.1) is 0 Å². The summed E-state index contributed by atoms with van der Waals surface area (Å²) in [5.41, 5.74) is 3.90. The molecule has 3 aromatic carbocycles. The van der Waals surface area contributed by atoms with Crippen LogP contribution in [-0.4, -0.2) is 37.4 Å². The molecular weight excluding hydrogens is 438 g/mol. The maximum absolute atomic E-state index is 13.8.